The third-order valence-electron chi connectivity index (χ3n) is 1.58. The number of aryl methyl sites for hydroxylation is 1. The number of rotatable bonds is 2. The smallest absolute Gasteiger partial charge is 0.342 e. The lowest BCUT2D eigenvalue weighted by Crippen LogP contribution is -2.32. The molecule has 1 rings (SSSR count). The van der Waals surface area contributed by atoms with Crippen molar-refractivity contribution in [3.8, 4) is 0 Å². The summed E-state index contributed by atoms with van der Waals surface area (Å²) in [4.78, 5) is 34.2. The van der Waals surface area contributed by atoms with Crippen molar-refractivity contribution in [1.29, 1.82) is 0 Å². The molecule has 0 bridgehead atoms. The molecule has 0 fully saturated rings. The van der Waals surface area contributed by atoms with Crippen LogP contribution in [0.4, 0.5) is 0 Å². The highest BCUT2D eigenvalue weighted by Gasteiger charge is 2.09. The summed E-state index contributed by atoms with van der Waals surface area (Å²) >= 11 is 0. The highest BCUT2D eigenvalue weighted by molar-refractivity contribution is 5.86. The van der Waals surface area contributed by atoms with Gasteiger partial charge in [-0.05, 0) is 6.92 Å². The van der Waals surface area contributed by atoms with E-state index in [-0.39, 0.29) is 0 Å². The monoisotopic (exact) mass is 184 g/mol. The van der Waals surface area contributed by atoms with Gasteiger partial charge in [0.2, 0.25) is 0 Å². The Balaban J connectivity index is 3.48. The van der Waals surface area contributed by atoms with Gasteiger partial charge in [0.15, 0.2) is 0 Å². The average molecular weight is 184 g/mol. The molecule has 0 atom stereocenters. The second-order valence-corrected chi connectivity index (χ2v) is 2.39. The van der Waals surface area contributed by atoms with Gasteiger partial charge in [-0.25, -0.2) is 9.59 Å². The van der Waals surface area contributed by atoms with Crippen LogP contribution in [0.1, 0.15) is 17.3 Å². The van der Waals surface area contributed by atoms with E-state index in [0.717, 1.165) is 10.8 Å². The summed E-state index contributed by atoms with van der Waals surface area (Å²) in [5.41, 5.74) is -1.90. The van der Waals surface area contributed by atoms with E-state index in [0.29, 0.717) is 6.54 Å². The zero-order valence-corrected chi connectivity index (χ0v) is 6.90. The van der Waals surface area contributed by atoms with Crippen molar-refractivity contribution in [2.45, 2.75) is 13.5 Å². The Hall–Kier alpha value is -1.85. The highest BCUT2D eigenvalue weighted by Crippen LogP contribution is 1.86. The standard InChI is InChI=1S/C7H8N2O4/c1-2-9-3-4(6(11)12)5(10)8-7(9)13/h3H,2H2,1H3,(H,11,12)(H,8,10,13). The van der Waals surface area contributed by atoms with Gasteiger partial charge in [0.25, 0.3) is 5.56 Å². The van der Waals surface area contributed by atoms with Crippen LogP contribution in [0.5, 0.6) is 0 Å². The molecule has 0 saturated carbocycles. The molecule has 13 heavy (non-hydrogen) atoms. The van der Waals surface area contributed by atoms with E-state index in [1.807, 2.05) is 4.98 Å². The number of carboxylic acid groups (broad SMARTS) is 1. The van der Waals surface area contributed by atoms with Gasteiger partial charge >= 0.3 is 11.7 Å². The van der Waals surface area contributed by atoms with Crippen LogP contribution in [0.25, 0.3) is 0 Å². The van der Waals surface area contributed by atoms with Crippen LogP contribution in [-0.2, 0) is 6.54 Å². The maximum absolute atomic E-state index is 11.0. The molecule has 6 heteroatoms. The molecule has 0 unspecified atom stereocenters. The quantitative estimate of drug-likeness (QED) is 0.632. The fraction of sp³-hybridized carbons (Fsp3) is 0.286. The van der Waals surface area contributed by atoms with Crippen LogP contribution >= 0.6 is 0 Å². The van der Waals surface area contributed by atoms with Crippen LogP contribution < -0.4 is 11.2 Å². The summed E-state index contributed by atoms with van der Waals surface area (Å²) in [7, 11) is 0. The molecule has 1 heterocycles. The van der Waals surface area contributed by atoms with Crippen LogP contribution in [-0.4, -0.2) is 20.6 Å². The lowest BCUT2D eigenvalue weighted by atomic mass is 10.3. The van der Waals surface area contributed by atoms with E-state index in [2.05, 4.69) is 0 Å². The van der Waals surface area contributed by atoms with Crippen molar-refractivity contribution in [1.82, 2.24) is 9.55 Å². The van der Waals surface area contributed by atoms with Gasteiger partial charge in [-0.2, -0.15) is 0 Å². The second kappa shape index (κ2) is 3.26. The first-order chi connectivity index (χ1) is 6.06. The molecule has 70 valence electrons. The second-order valence-electron chi connectivity index (χ2n) is 2.39. The summed E-state index contributed by atoms with van der Waals surface area (Å²) in [6.45, 7) is 1.99. The Kier molecular flexibility index (Phi) is 2.32. The molecule has 0 spiro atoms. The molecule has 2 N–H and O–H groups in total. The fourth-order valence-corrected chi connectivity index (χ4v) is 0.897. The van der Waals surface area contributed by atoms with Crippen molar-refractivity contribution < 1.29 is 9.90 Å². The maximum atomic E-state index is 11.0. The van der Waals surface area contributed by atoms with E-state index < -0.39 is 22.8 Å². The predicted molar refractivity (Wildman–Crippen MR) is 44.0 cm³/mol. The number of aromatic amines is 1. The van der Waals surface area contributed by atoms with E-state index in [9.17, 15) is 14.4 Å². The minimum absolute atomic E-state index is 0.315. The molecule has 0 amide bonds. The van der Waals surface area contributed by atoms with Gasteiger partial charge in [-0.1, -0.05) is 0 Å². The van der Waals surface area contributed by atoms with Gasteiger partial charge in [-0.15, -0.1) is 0 Å². The first kappa shape index (κ1) is 9.24. The minimum atomic E-state index is -1.34. The van der Waals surface area contributed by atoms with E-state index in [4.69, 9.17) is 5.11 Å². The van der Waals surface area contributed by atoms with Crippen LogP contribution in [0.2, 0.25) is 0 Å². The molecule has 1 aromatic rings. The fourth-order valence-electron chi connectivity index (χ4n) is 0.897. The molecule has 0 saturated heterocycles. The number of hydrogen-bond donors (Lipinski definition) is 2. The summed E-state index contributed by atoms with van der Waals surface area (Å²) < 4.78 is 1.12. The molecular weight excluding hydrogens is 176 g/mol. The van der Waals surface area contributed by atoms with Crippen LogP contribution in [0.3, 0.4) is 0 Å². The van der Waals surface area contributed by atoms with Crippen molar-refractivity contribution in [2.24, 2.45) is 0 Å². The number of carbonyl (C=O) groups is 1. The summed E-state index contributed by atoms with van der Waals surface area (Å²) in [5.74, 6) is -1.34. The molecule has 0 aromatic carbocycles. The third kappa shape index (κ3) is 1.66. The number of aromatic carboxylic acids is 1. The molecule has 0 aliphatic heterocycles. The molecule has 0 aliphatic carbocycles. The average Bonchev–Trinajstić information content (AvgIpc) is 2.03. The zero-order valence-electron chi connectivity index (χ0n) is 6.90. The number of hydrogen-bond acceptors (Lipinski definition) is 3. The molecule has 0 aliphatic rings. The molecule has 6 nitrogen and oxygen atoms in total. The minimum Gasteiger partial charge on any atom is -0.477 e. The van der Waals surface area contributed by atoms with Gasteiger partial charge in [0.1, 0.15) is 5.56 Å². The van der Waals surface area contributed by atoms with Gasteiger partial charge < -0.3 is 5.11 Å². The van der Waals surface area contributed by atoms with Gasteiger partial charge in [0, 0.05) is 12.7 Å². The Labute approximate surface area is 72.5 Å². The number of carboxylic acids is 1. The number of nitrogens with one attached hydrogen (secondary N) is 1. The third-order valence-corrected chi connectivity index (χ3v) is 1.58. The van der Waals surface area contributed by atoms with Crippen molar-refractivity contribution in [2.75, 3.05) is 0 Å². The highest BCUT2D eigenvalue weighted by atomic mass is 16.4. The largest absolute Gasteiger partial charge is 0.477 e. The summed E-state index contributed by atoms with van der Waals surface area (Å²) in [6, 6.07) is 0. The van der Waals surface area contributed by atoms with E-state index in [1.54, 1.807) is 6.92 Å². The van der Waals surface area contributed by atoms with Crippen LogP contribution in [0.15, 0.2) is 15.8 Å². The molecule has 0 radical (unpaired) electrons. The van der Waals surface area contributed by atoms with Crippen molar-refractivity contribution >= 4 is 5.97 Å². The van der Waals surface area contributed by atoms with Crippen molar-refractivity contribution in [3.63, 3.8) is 0 Å². The topological polar surface area (TPSA) is 92.2 Å². The van der Waals surface area contributed by atoms with E-state index in [1.165, 1.54) is 0 Å². The first-order valence-electron chi connectivity index (χ1n) is 3.63. The summed E-state index contributed by atoms with van der Waals surface area (Å²) in [6.07, 6.45) is 1.03. The maximum Gasteiger partial charge on any atom is 0.342 e. The number of aromatic nitrogens is 2. The zero-order chi connectivity index (χ0) is 10.0. The van der Waals surface area contributed by atoms with Gasteiger partial charge in [0.05, 0.1) is 0 Å². The van der Waals surface area contributed by atoms with Crippen molar-refractivity contribution in [3.05, 3.63) is 32.6 Å². The van der Waals surface area contributed by atoms with Gasteiger partial charge in [-0.3, -0.25) is 14.3 Å². The Morgan fingerprint density at radius 2 is 2.23 bits per heavy atom. The Morgan fingerprint density at radius 1 is 1.62 bits per heavy atom. The predicted octanol–water partition coefficient (Wildman–Crippen LogP) is -0.745. The normalized spacial score (nSPS) is 9.92. The van der Waals surface area contributed by atoms with E-state index >= 15 is 0 Å². The lowest BCUT2D eigenvalue weighted by Gasteiger charge is -2.00. The lowest BCUT2D eigenvalue weighted by molar-refractivity contribution is 0.0693. The molecule has 1 aromatic heterocycles. The van der Waals surface area contributed by atoms with Crippen LogP contribution in [0, 0.1) is 0 Å². The Morgan fingerprint density at radius 3 is 2.69 bits per heavy atom. The number of H-pyrrole nitrogens is 1. The Bertz CT molecular complexity index is 443. The molecular formula is C7H8N2O4. The summed E-state index contributed by atoms with van der Waals surface area (Å²) in [5, 5.41) is 8.54. The SMILES string of the molecule is CCn1cc(C(=O)O)c(=O)[nH]c1=O. The number of nitrogens with zero attached hydrogens (tertiary/aromatic N) is 1. The first-order valence-corrected chi connectivity index (χ1v) is 3.63.